The van der Waals surface area contributed by atoms with E-state index < -0.39 is 12.0 Å². The van der Waals surface area contributed by atoms with Crippen molar-refractivity contribution in [1.29, 1.82) is 0 Å². The van der Waals surface area contributed by atoms with E-state index in [-0.39, 0.29) is 16.9 Å². The minimum absolute atomic E-state index is 0.117. The van der Waals surface area contributed by atoms with Crippen molar-refractivity contribution < 1.29 is 13.2 Å². The minimum atomic E-state index is -4.59. The van der Waals surface area contributed by atoms with E-state index in [0.29, 0.717) is 16.9 Å². The molecule has 0 aliphatic rings. The first-order chi connectivity index (χ1) is 9.84. The fraction of sp³-hybridized carbons (Fsp3) is 0.167. The molecule has 0 spiro atoms. The maximum absolute atomic E-state index is 13.1. The second kappa shape index (κ2) is 4.62. The molecule has 0 fully saturated rings. The molecule has 3 N–H and O–H groups in total. The van der Waals surface area contributed by atoms with Crippen LogP contribution in [0.5, 0.6) is 0 Å². The summed E-state index contributed by atoms with van der Waals surface area (Å²) in [6.07, 6.45) is -4.59. The number of anilines is 1. The third-order valence-corrected chi connectivity index (χ3v) is 3.64. The van der Waals surface area contributed by atoms with Crippen molar-refractivity contribution >= 4 is 28.1 Å². The van der Waals surface area contributed by atoms with E-state index in [2.05, 4.69) is 9.97 Å². The average molecular weight is 314 g/mol. The van der Waals surface area contributed by atoms with Crippen LogP contribution in [-0.2, 0) is 12.7 Å². The van der Waals surface area contributed by atoms with Crippen molar-refractivity contribution in [1.82, 2.24) is 14.5 Å². The van der Waals surface area contributed by atoms with Gasteiger partial charge in [-0.15, -0.1) is 0 Å². The number of benzene rings is 1. The zero-order valence-electron chi connectivity index (χ0n) is 10.4. The largest absolute Gasteiger partial charge is 0.449 e. The van der Waals surface area contributed by atoms with E-state index in [1.807, 2.05) is 0 Å². The Labute approximate surface area is 119 Å². The predicted molar refractivity (Wildman–Crippen MR) is 73.2 cm³/mol. The Morgan fingerprint density at radius 3 is 2.76 bits per heavy atom. The van der Waals surface area contributed by atoms with Gasteiger partial charge in [0.25, 0.3) is 0 Å². The number of aromatic amines is 1. The van der Waals surface area contributed by atoms with Crippen molar-refractivity contribution in [3.8, 4) is 0 Å². The average Bonchev–Trinajstić information content (AvgIpc) is 2.93. The predicted octanol–water partition coefficient (Wildman–Crippen LogP) is 2.44. The number of nitrogens with two attached hydrogens (primary N) is 1. The highest BCUT2D eigenvalue weighted by Crippen LogP contribution is 2.32. The molecule has 2 heterocycles. The number of rotatable bonds is 2. The Balaban J connectivity index is 2.20. The highest BCUT2D eigenvalue weighted by Gasteiger charge is 2.37. The third-order valence-electron chi connectivity index (χ3n) is 2.93. The number of fused-ring (bicyclic) bond motifs is 1. The second-order valence-electron chi connectivity index (χ2n) is 4.44. The summed E-state index contributed by atoms with van der Waals surface area (Å²) in [7, 11) is 0. The molecule has 3 rings (SSSR count). The van der Waals surface area contributed by atoms with Crippen molar-refractivity contribution in [2.75, 3.05) is 5.73 Å². The lowest BCUT2D eigenvalue weighted by molar-refractivity contribution is -0.146. The van der Waals surface area contributed by atoms with Crippen molar-refractivity contribution in [2.24, 2.45) is 0 Å². The van der Waals surface area contributed by atoms with Crippen LogP contribution in [0, 0.1) is 0 Å². The summed E-state index contributed by atoms with van der Waals surface area (Å²) in [5.74, 6) is -1.02. The van der Waals surface area contributed by atoms with Crippen molar-refractivity contribution in [3.05, 3.63) is 44.8 Å². The van der Waals surface area contributed by atoms with Gasteiger partial charge in [0.15, 0.2) is 0 Å². The molecule has 21 heavy (non-hydrogen) atoms. The number of nitrogen functional groups attached to an aromatic ring is 1. The number of imidazole rings is 1. The van der Waals surface area contributed by atoms with Gasteiger partial charge in [-0.25, -0.2) is 4.98 Å². The van der Waals surface area contributed by atoms with Gasteiger partial charge in [-0.3, -0.25) is 4.79 Å². The molecule has 0 atom stereocenters. The summed E-state index contributed by atoms with van der Waals surface area (Å²) in [6.45, 7) is -0.117. The first-order valence-electron chi connectivity index (χ1n) is 5.84. The van der Waals surface area contributed by atoms with Crippen LogP contribution >= 0.6 is 11.3 Å². The topological polar surface area (TPSA) is 76.7 Å². The van der Waals surface area contributed by atoms with Crippen LogP contribution in [0.15, 0.2) is 28.4 Å². The molecule has 3 aromatic rings. The van der Waals surface area contributed by atoms with Gasteiger partial charge in [-0.1, -0.05) is 11.3 Å². The van der Waals surface area contributed by atoms with Gasteiger partial charge >= 0.3 is 11.0 Å². The molecule has 110 valence electrons. The number of alkyl halides is 3. The zero-order valence-corrected chi connectivity index (χ0v) is 11.3. The van der Waals surface area contributed by atoms with Gasteiger partial charge in [0, 0.05) is 16.8 Å². The molecule has 0 unspecified atom stereocenters. The molecule has 0 radical (unpaired) electrons. The third kappa shape index (κ3) is 2.51. The molecule has 0 saturated heterocycles. The molecule has 0 amide bonds. The van der Waals surface area contributed by atoms with Crippen LogP contribution in [0.4, 0.5) is 18.9 Å². The number of aromatic nitrogens is 3. The number of nitrogens with one attached hydrogen (secondary N) is 1. The van der Waals surface area contributed by atoms with Crippen LogP contribution in [0.2, 0.25) is 0 Å². The number of H-pyrrole nitrogens is 1. The normalized spacial score (nSPS) is 12.1. The summed E-state index contributed by atoms with van der Waals surface area (Å²) in [5, 5.41) is 1.49. The standard InChI is InChI=1S/C12H9F3N4OS/c13-12(14,15)10-18-8-3-6(16)1-2-9(8)19(10)4-7-5-21-11(20)17-7/h1-3,5H,4,16H2,(H,17,20). The molecule has 0 bridgehead atoms. The summed E-state index contributed by atoms with van der Waals surface area (Å²) in [4.78, 5) is 16.9. The molecule has 0 aliphatic heterocycles. The summed E-state index contributed by atoms with van der Waals surface area (Å²) in [5.41, 5.74) is 6.78. The van der Waals surface area contributed by atoms with E-state index in [9.17, 15) is 18.0 Å². The Morgan fingerprint density at radius 1 is 1.38 bits per heavy atom. The Bertz CT molecular complexity index is 861. The van der Waals surface area contributed by atoms with Gasteiger partial charge in [-0.05, 0) is 18.2 Å². The number of nitrogens with zero attached hydrogens (tertiary/aromatic N) is 2. The molecule has 1 aromatic carbocycles. The fourth-order valence-electron chi connectivity index (χ4n) is 2.09. The number of thiazole rings is 1. The smallest absolute Gasteiger partial charge is 0.399 e. The zero-order chi connectivity index (χ0) is 15.2. The maximum Gasteiger partial charge on any atom is 0.449 e. The SMILES string of the molecule is Nc1ccc2c(c1)nc(C(F)(F)F)n2Cc1csc(=O)[nH]1. The Kier molecular flexibility index (Phi) is 3.01. The number of hydrogen-bond acceptors (Lipinski definition) is 4. The first-order valence-corrected chi connectivity index (χ1v) is 6.72. The summed E-state index contributed by atoms with van der Waals surface area (Å²) >= 11 is 0.901. The van der Waals surface area contributed by atoms with E-state index in [4.69, 9.17) is 5.73 Å². The van der Waals surface area contributed by atoms with E-state index in [1.54, 1.807) is 0 Å². The lowest BCUT2D eigenvalue weighted by Gasteiger charge is -2.10. The monoisotopic (exact) mass is 314 g/mol. The molecule has 5 nitrogen and oxygen atoms in total. The van der Waals surface area contributed by atoms with Gasteiger partial charge in [0.05, 0.1) is 17.6 Å². The molecular formula is C12H9F3N4OS. The van der Waals surface area contributed by atoms with Crippen LogP contribution < -0.4 is 10.6 Å². The van der Waals surface area contributed by atoms with Crippen LogP contribution in [-0.4, -0.2) is 14.5 Å². The maximum atomic E-state index is 13.1. The van der Waals surface area contributed by atoms with Gasteiger partial charge < -0.3 is 15.3 Å². The molecular weight excluding hydrogens is 305 g/mol. The van der Waals surface area contributed by atoms with Crippen LogP contribution in [0.25, 0.3) is 11.0 Å². The van der Waals surface area contributed by atoms with E-state index in [0.717, 1.165) is 15.9 Å². The first kappa shape index (κ1) is 13.7. The quantitative estimate of drug-likeness (QED) is 0.713. The van der Waals surface area contributed by atoms with Crippen molar-refractivity contribution in [2.45, 2.75) is 12.7 Å². The molecule has 0 aliphatic carbocycles. The lowest BCUT2D eigenvalue weighted by Crippen LogP contribution is -2.16. The summed E-state index contributed by atoms with van der Waals surface area (Å²) < 4.78 is 40.4. The molecule has 0 saturated carbocycles. The van der Waals surface area contributed by atoms with Crippen molar-refractivity contribution in [3.63, 3.8) is 0 Å². The second-order valence-corrected chi connectivity index (χ2v) is 5.28. The number of halogens is 3. The van der Waals surface area contributed by atoms with E-state index in [1.165, 1.54) is 23.6 Å². The fourth-order valence-corrected chi connectivity index (χ4v) is 2.66. The molecule has 9 heteroatoms. The van der Waals surface area contributed by atoms with Crippen LogP contribution in [0.3, 0.4) is 0 Å². The highest BCUT2D eigenvalue weighted by molar-refractivity contribution is 7.07. The van der Waals surface area contributed by atoms with Gasteiger partial charge in [-0.2, -0.15) is 13.2 Å². The Morgan fingerprint density at radius 2 is 2.14 bits per heavy atom. The lowest BCUT2D eigenvalue weighted by atomic mass is 10.3. The van der Waals surface area contributed by atoms with E-state index >= 15 is 0 Å². The van der Waals surface area contributed by atoms with Gasteiger partial charge in [0.2, 0.25) is 5.82 Å². The Hall–Kier alpha value is -2.29. The highest BCUT2D eigenvalue weighted by atomic mass is 32.1. The summed E-state index contributed by atoms with van der Waals surface area (Å²) in [6, 6.07) is 4.38. The number of hydrogen-bond donors (Lipinski definition) is 2. The van der Waals surface area contributed by atoms with Crippen LogP contribution in [0.1, 0.15) is 11.5 Å². The van der Waals surface area contributed by atoms with Gasteiger partial charge in [0.1, 0.15) is 0 Å². The minimum Gasteiger partial charge on any atom is -0.399 e. The molecule has 2 aromatic heterocycles.